The van der Waals surface area contributed by atoms with Crippen LogP contribution in [0, 0.1) is 52.3 Å². The lowest BCUT2D eigenvalue weighted by Crippen LogP contribution is -2.50. The summed E-state index contributed by atoms with van der Waals surface area (Å²) >= 11 is 0. The van der Waals surface area contributed by atoms with Gasteiger partial charge in [-0.25, -0.2) is 4.79 Å². The van der Waals surface area contributed by atoms with Gasteiger partial charge < -0.3 is 4.74 Å². The van der Waals surface area contributed by atoms with Gasteiger partial charge in [0.05, 0.1) is 0 Å². The number of ether oxygens (including phenoxy) is 1. The van der Waals surface area contributed by atoms with Gasteiger partial charge in [0, 0.05) is 0 Å². The fraction of sp³-hybridized carbons (Fsp3) is 0.903. The molecule has 0 N–H and O–H groups in total. The second-order valence-corrected chi connectivity index (χ2v) is 13.7. The number of carbonyl (C=O) groups is 1. The van der Waals surface area contributed by atoms with Gasteiger partial charge in [-0.2, -0.15) is 13.2 Å². The van der Waals surface area contributed by atoms with Crippen molar-refractivity contribution in [3.05, 3.63) is 11.6 Å². The molecule has 3 fully saturated rings. The topological polar surface area (TPSA) is 26.3 Å². The first kappa shape index (κ1) is 28.0. The Bertz CT molecular complexity index is 832. The second-order valence-electron chi connectivity index (χ2n) is 13.7. The summed E-state index contributed by atoms with van der Waals surface area (Å²) in [5.74, 6) is 2.61. The minimum atomic E-state index is -4.91. The molecule has 0 heterocycles. The molecule has 206 valence electrons. The van der Waals surface area contributed by atoms with E-state index in [4.69, 9.17) is 4.74 Å². The van der Waals surface area contributed by atoms with Crippen molar-refractivity contribution in [2.75, 3.05) is 0 Å². The summed E-state index contributed by atoms with van der Waals surface area (Å²) < 4.78 is 43.1. The standard InChI is InChI=1S/C31H49F3O2/c1-7-21(19(2)3)9-8-20(4)25-12-13-26-24-11-10-22-18-23(36-28(35)31(32,33)34)14-16-29(22,5)27(24)15-17-30(25,26)6/h11,19-23,25-27H,7-10,12-18H2,1-6H3/t20-,21-,22?,23+,25-,26+,27+,29+,30-/m1/s1. The summed E-state index contributed by atoms with van der Waals surface area (Å²) in [6.07, 6.45) is 8.91. The van der Waals surface area contributed by atoms with Gasteiger partial charge in [0.1, 0.15) is 6.10 Å². The maximum absolute atomic E-state index is 12.7. The largest absolute Gasteiger partial charge is 0.490 e. The van der Waals surface area contributed by atoms with E-state index in [9.17, 15) is 18.0 Å². The molecule has 5 heteroatoms. The Labute approximate surface area is 217 Å². The molecule has 0 aliphatic heterocycles. The number of allylic oxidation sites excluding steroid dienone is 2. The quantitative estimate of drug-likeness (QED) is 0.252. The van der Waals surface area contributed by atoms with Crippen molar-refractivity contribution in [1.29, 1.82) is 0 Å². The summed E-state index contributed by atoms with van der Waals surface area (Å²) in [5.41, 5.74) is 2.17. The SMILES string of the molecule is CC[C@H](CC[C@@H](C)[C@H]1CC[C@H]2C3=CCC4C[C@@H](OC(=O)C(F)(F)F)CC[C@]4(C)[C@H]3CC[C@]12C)C(C)C. The van der Waals surface area contributed by atoms with Crippen molar-refractivity contribution < 1.29 is 22.7 Å². The van der Waals surface area contributed by atoms with E-state index in [-0.39, 0.29) is 5.41 Å². The smallest absolute Gasteiger partial charge is 0.456 e. The number of esters is 1. The Morgan fingerprint density at radius 2 is 1.69 bits per heavy atom. The van der Waals surface area contributed by atoms with Gasteiger partial charge in [-0.3, -0.25) is 0 Å². The molecule has 4 rings (SSSR count). The highest BCUT2D eigenvalue weighted by molar-refractivity contribution is 5.75. The predicted octanol–water partition coefficient (Wildman–Crippen LogP) is 9.14. The molecule has 1 unspecified atom stereocenters. The third-order valence-electron chi connectivity index (χ3n) is 11.8. The van der Waals surface area contributed by atoms with E-state index in [0.717, 1.165) is 36.5 Å². The third-order valence-corrected chi connectivity index (χ3v) is 11.8. The zero-order valence-corrected chi connectivity index (χ0v) is 23.4. The second kappa shape index (κ2) is 10.3. The average Bonchev–Trinajstić information content (AvgIpc) is 3.16. The third kappa shape index (κ3) is 5.03. The first-order valence-electron chi connectivity index (χ1n) is 14.8. The molecule has 4 aliphatic rings. The zero-order valence-electron chi connectivity index (χ0n) is 23.4. The first-order chi connectivity index (χ1) is 16.8. The van der Waals surface area contributed by atoms with E-state index in [1.165, 1.54) is 44.9 Å². The number of rotatable bonds is 7. The molecule has 0 aromatic heterocycles. The maximum atomic E-state index is 12.7. The van der Waals surface area contributed by atoms with Gasteiger partial charge in [-0.05, 0) is 110 Å². The molecular weight excluding hydrogens is 461 g/mol. The molecule has 3 saturated carbocycles. The van der Waals surface area contributed by atoms with Crippen molar-refractivity contribution in [2.45, 2.75) is 124 Å². The number of fused-ring (bicyclic) bond motifs is 5. The number of halogens is 3. The van der Waals surface area contributed by atoms with E-state index >= 15 is 0 Å². The Hall–Kier alpha value is -1.00. The molecule has 2 nitrogen and oxygen atoms in total. The molecule has 0 aromatic rings. The number of alkyl halides is 3. The molecule has 0 saturated heterocycles. The van der Waals surface area contributed by atoms with Crippen molar-refractivity contribution >= 4 is 5.97 Å². The molecule has 0 amide bonds. The Balaban J connectivity index is 1.44. The van der Waals surface area contributed by atoms with Crippen LogP contribution in [0.25, 0.3) is 0 Å². The van der Waals surface area contributed by atoms with Crippen molar-refractivity contribution in [1.82, 2.24) is 0 Å². The van der Waals surface area contributed by atoms with Gasteiger partial charge in [0.25, 0.3) is 0 Å². The van der Waals surface area contributed by atoms with Crippen LogP contribution < -0.4 is 0 Å². The van der Waals surface area contributed by atoms with Gasteiger partial charge in [-0.1, -0.05) is 66.0 Å². The highest BCUT2D eigenvalue weighted by Crippen LogP contribution is 2.67. The lowest BCUT2D eigenvalue weighted by Gasteiger charge is -2.58. The summed E-state index contributed by atoms with van der Waals surface area (Å²) in [6, 6.07) is 0. The normalized spacial score (nSPS) is 40.1. The molecular formula is C31H49F3O2. The molecule has 0 bridgehead atoms. The molecule has 0 aromatic carbocycles. The molecule has 9 atom stereocenters. The Morgan fingerprint density at radius 3 is 2.33 bits per heavy atom. The van der Waals surface area contributed by atoms with Crippen LogP contribution in [0.4, 0.5) is 13.2 Å². The van der Waals surface area contributed by atoms with Gasteiger partial charge in [0.15, 0.2) is 0 Å². The Kier molecular flexibility index (Phi) is 8.00. The highest BCUT2D eigenvalue weighted by atomic mass is 19.4. The van der Waals surface area contributed by atoms with E-state index in [1.54, 1.807) is 5.57 Å². The van der Waals surface area contributed by atoms with Gasteiger partial charge >= 0.3 is 12.1 Å². The van der Waals surface area contributed by atoms with E-state index < -0.39 is 18.2 Å². The minimum Gasteiger partial charge on any atom is -0.456 e. The fourth-order valence-corrected chi connectivity index (χ4v) is 9.46. The van der Waals surface area contributed by atoms with Crippen LogP contribution in [0.15, 0.2) is 11.6 Å². The van der Waals surface area contributed by atoms with Crippen LogP contribution in [0.1, 0.15) is 112 Å². The van der Waals surface area contributed by atoms with Crippen LogP contribution in [-0.2, 0) is 9.53 Å². The first-order valence-corrected chi connectivity index (χ1v) is 14.8. The average molecular weight is 511 g/mol. The van der Waals surface area contributed by atoms with Gasteiger partial charge in [0.2, 0.25) is 0 Å². The number of carbonyl (C=O) groups excluding carboxylic acids is 1. The fourth-order valence-electron chi connectivity index (χ4n) is 9.46. The monoisotopic (exact) mass is 510 g/mol. The minimum absolute atomic E-state index is 0.113. The van der Waals surface area contributed by atoms with Crippen LogP contribution in [0.3, 0.4) is 0 Å². The van der Waals surface area contributed by atoms with Crippen molar-refractivity contribution in [3.8, 4) is 0 Å². The highest BCUT2D eigenvalue weighted by Gasteiger charge is 2.58. The predicted molar refractivity (Wildman–Crippen MR) is 138 cm³/mol. The molecule has 36 heavy (non-hydrogen) atoms. The van der Waals surface area contributed by atoms with Crippen LogP contribution >= 0.6 is 0 Å². The number of hydrogen-bond acceptors (Lipinski definition) is 2. The zero-order chi connectivity index (χ0) is 26.5. The van der Waals surface area contributed by atoms with E-state index in [1.807, 2.05) is 0 Å². The molecule has 0 radical (unpaired) electrons. The summed E-state index contributed by atoms with van der Waals surface area (Å²) in [6.45, 7) is 14.5. The lowest BCUT2D eigenvalue weighted by atomic mass is 9.47. The van der Waals surface area contributed by atoms with Crippen molar-refractivity contribution in [2.24, 2.45) is 52.3 Å². The summed E-state index contributed by atoms with van der Waals surface area (Å²) in [7, 11) is 0. The van der Waals surface area contributed by atoms with E-state index in [2.05, 4.69) is 47.6 Å². The molecule has 0 spiro atoms. The van der Waals surface area contributed by atoms with Crippen molar-refractivity contribution in [3.63, 3.8) is 0 Å². The van der Waals surface area contributed by atoms with Gasteiger partial charge in [-0.15, -0.1) is 0 Å². The van der Waals surface area contributed by atoms with Crippen LogP contribution in [-0.4, -0.2) is 18.2 Å². The Morgan fingerprint density at radius 1 is 1.03 bits per heavy atom. The summed E-state index contributed by atoms with van der Waals surface area (Å²) in [4.78, 5) is 11.4. The van der Waals surface area contributed by atoms with E-state index in [0.29, 0.717) is 36.0 Å². The lowest BCUT2D eigenvalue weighted by molar-refractivity contribution is -0.208. The van der Waals surface area contributed by atoms with Crippen LogP contribution in [0.5, 0.6) is 0 Å². The maximum Gasteiger partial charge on any atom is 0.490 e. The summed E-state index contributed by atoms with van der Waals surface area (Å²) in [5, 5.41) is 0. The number of hydrogen-bond donors (Lipinski definition) is 0. The van der Waals surface area contributed by atoms with Crippen LogP contribution in [0.2, 0.25) is 0 Å². The molecule has 4 aliphatic carbocycles.